The van der Waals surface area contributed by atoms with Gasteiger partial charge in [-0.2, -0.15) is 0 Å². The summed E-state index contributed by atoms with van der Waals surface area (Å²) in [5.74, 6) is 0.204. The SMILES string of the molecule is COc1ccc(C)cc1N1CC(C(=O)NCCCCCCO)CC1=O. The summed E-state index contributed by atoms with van der Waals surface area (Å²) in [5, 5.41) is 11.7. The first-order valence-corrected chi connectivity index (χ1v) is 8.90. The molecule has 1 aromatic rings. The van der Waals surface area contributed by atoms with Crippen molar-refractivity contribution in [1.29, 1.82) is 0 Å². The molecular weight excluding hydrogens is 320 g/mol. The van der Waals surface area contributed by atoms with Crippen LogP contribution in [0.25, 0.3) is 0 Å². The normalized spacial score (nSPS) is 17.0. The lowest BCUT2D eigenvalue weighted by Gasteiger charge is -2.20. The van der Waals surface area contributed by atoms with E-state index in [0.717, 1.165) is 36.9 Å². The van der Waals surface area contributed by atoms with E-state index < -0.39 is 0 Å². The summed E-state index contributed by atoms with van der Waals surface area (Å²) < 4.78 is 5.36. The topological polar surface area (TPSA) is 78.9 Å². The van der Waals surface area contributed by atoms with E-state index in [2.05, 4.69) is 5.32 Å². The van der Waals surface area contributed by atoms with Crippen LogP contribution in [0, 0.1) is 12.8 Å². The Labute approximate surface area is 149 Å². The van der Waals surface area contributed by atoms with Crippen LogP contribution in [0.5, 0.6) is 5.75 Å². The molecule has 1 fully saturated rings. The zero-order valence-corrected chi connectivity index (χ0v) is 15.1. The number of aryl methyl sites for hydroxylation is 1. The number of rotatable bonds is 9. The molecule has 2 rings (SSSR count). The van der Waals surface area contributed by atoms with Gasteiger partial charge in [-0.1, -0.05) is 18.9 Å². The number of aliphatic hydroxyl groups is 1. The first-order chi connectivity index (χ1) is 12.1. The van der Waals surface area contributed by atoms with Gasteiger partial charge in [0.1, 0.15) is 5.75 Å². The number of nitrogens with one attached hydrogen (secondary N) is 1. The molecule has 0 bridgehead atoms. The van der Waals surface area contributed by atoms with E-state index in [0.29, 0.717) is 18.8 Å². The van der Waals surface area contributed by atoms with Crippen molar-refractivity contribution in [3.63, 3.8) is 0 Å². The number of benzene rings is 1. The minimum Gasteiger partial charge on any atom is -0.495 e. The molecule has 25 heavy (non-hydrogen) atoms. The predicted octanol–water partition coefficient (Wildman–Crippen LogP) is 2.03. The van der Waals surface area contributed by atoms with Gasteiger partial charge < -0.3 is 20.1 Å². The second-order valence-corrected chi connectivity index (χ2v) is 6.51. The first kappa shape index (κ1) is 19.2. The van der Waals surface area contributed by atoms with E-state index in [9.17, 15) is 9.59 Å². The smallest absolute Gasteiger partial charge is 0.227 e. The zero-order chi connectivity index (χ0) is 18.2. The van der Waals surface area contributed by atoms with Gasteiger partial charge in [-0.3, -0.25) is 9.59 Å². The van der Waals surface area contributed by atoms with Gasteiger partial charge in [0.2, 0.25) is 11.8 Å². The molecule has 6 heteroatoms. The van der Waals surface area contributed by atoms with Crippen LogP contribution < -0.4 is 15.0 Å². The monoisotopic (exact) mass is 348 g/mol. The quantitative estimate of drug-likeness (QED) is 0.669. The molecule has 1 unspecified atom stereocenters. The highest BCUT2D eigenvalue weighted by molar-refractivity contribution is 6.01. The molecule has 0 saturated carbocycles. The average Bonchev–Trinajstić information content (AvgIpc) is 2.99. The van der Waals surface area contributed by atoms with Gasteiger partial charge in [-0.25, -0.2) is 0 Å². The molecular formula is C19H28N2O4. The molecule has 0 aromatic heterocycles. The Balaban J connectivity index is 1.89. The van der Waals surface area contributed by atoms with Crippen molar-refractivity contribution in [3.05, 3.63) is 23.8 Å². The lowest BCUT2D eigenvalue weighted by atomic mass is 10.1. The number of hydrogen-bond donors (Lipinski definition) is 2. The van der Waals surface area contributed by atoms with Gasteiger partial charge in [0.05, 0.1) is 18.7 Å². The van der Waals surface area contributed by atoms with Gasteiger partial charge in [0.25, 0.3) is 0 Å². The highest BCUT2D eigenvalue weighted by Gasteiger charge is 2.36. The molecule has 138 valence electrons. The van der Waals surface area contributed by atoms with Crippen LogP contribution in [0.3, 0.4) is 0 Å². The third kappa shape index (κ3) is 5.19. The van der Waals surface area contributed by atoms with Crippen molar-refractivity contribution in [2.45, 2.75) is 39.0 Å². The van der Waals surface area contributed by atoms with E-state index in [1.807, 2.05) is 25.1 Å². The van der Waals surface area contributed by atoms with Crippen LogP contribution in [0.15, 0.2) is 18.2 Å². The van der Waals surface area contributed by atoms with E-state index in [1.54, 1.807) is 12.0 Å². The van der Waals surface area contributed by atoms with Crippen molar-refractivity contribution in [1.82, 2.24) is 5.32 Å². The molecule has 6 nitrogen and oxygen atoms in total. The van der Waals surface area contributed by atoms with E-state index in [1.165, 1.54) is 0 Å². The minimum absolute atomic E-state index is 0.0491. The Morgan fingerprint density at radius 1 is 1.32 bits per heavy atom. The molecule has 0 spiro atoms. The third-order valence-electron chi connectivity index (χ3n) is 4.51. The lowest BCUT2D eigenvalue weighted by Crippen LogP contribution is -2.33. The van der Waals surface area contributed by atoms with Gasteiger partial charge in [-0.15, -0.1) is 0 Å². The molecule has 2 N–H and O–H groups in total. The molecule has 1 atom stereocenters. The van der Waals surface area contributed by atoms with E-state index >= 15 is 0 Å². The number of ether oxygens (including phenoxy) is 1. The maximum atomic E-state index is 12.4. The van der Waals surface area contributed by atoms with Crippen molar-refractivity contribution >= 4 is 17.5 Å². The molecule has 0 radical (unpaired) electrons. The summed E-state index contributed by atoms with van der Waals surface area (Å²) >= 11 is 0. The fraction of sp³-hybridized carbons (Fsp3) is 0.579. The molecule has 0 aliphatic carbocycles. The first-order valence-electron chi connectivity index (χ1n) is 8.90. The Morgan fingerprint density at radius 3 is 2.80 bits per heavy atom. The molecule has 1 saturated heterocycles. The van der Waals surface area contributed by atoms with Crippen LogP contribution in [0.1, 0.15) is 37.7 Å². The number of anilines is 1. The number of aliphatic hydroxyl groups excluding tert-OH is 1. The summed E-state index contributed by atoms with van der Waals surface area (Å²) in [6, 6.07) is 5.69. The fourth-order valence-corrected chi connectivity index (χ4v) is 3.07. The average molecular weight is 348 g/mol. The summed E-state index contributed by atoms with van der Waals surface area (Å²) in [7, 11) is 1.58. The Hall–Kier alpha value is -2.08. The fourth-order valence-electron chi connectivity index (χ4n) is 3.07. The maximum absolute atomic E-state index is 12.4. The van der Waals surface area contributed by atoms with Crippen LogP contribution in [-0.2, 0) is 9.59 Å². The van der Waals surface area contributed by atoms with Crippen molar-refractivity contribution in [2.75, 3.05) is 31.7 Å². The van der Waals surface area contributed by atoms with Gasteiger partial charge in [0.15, 0.2) is 0 Å². The van der Waals surface area contributed by atoms with Crippen molar-refractivity contribution in [2.24, 2.45) is 5.92 Å². The van der Waals surface area contributed by atoms with Gasteiger partial charge in [-0.05, 0) is 37.5 Å². The number of hydrogen-bond acceptors (Lipinski definition) is 4. The van der Waals surface area contributed by atoms with Crippen LogP contribution >= 0.6 is 0 Å². The number of nitrogens with zero attached hydrogens (tertiary/aromatic N) is 1. The van der Waals surface area contributed by atoms with Crippen LogP contribution in [0.4, 0.5) is 5.69 Å². The van der Waals surface area contributed by atoms with E-state index in [-0.39, 0.29) is 30.8 Å². The second-order valence-electron chi connectivity index (χ2n) is 6.51. The van der Waals surface area contributed by atoms with E-state index in [4.69, 9.17) is 9.84 Å². The minimum atomic E-state index is -0.324. The standard InChI is InChI=1S/C19H28N2O4/c1-14-7-8-17(25-2)16(11-14)21-13-15(12-18(21)23)19(24)20-9-5-3-4-6-10-22/h7-8,11,15,22H,3-6,9-10,12-13H2,1-2H3,(H,20,24). The number of amides is 2. The summed E-state index contributed by atoms with van der Waals surface area (Å²) in [6.45, 7) is 3.18. The van der Waals surface area contributed by atoms with Gasteiger partial charge in [0, 0.05) is 26.1 Å². The third-order valence-corrected chi connectivity index (χ3v) is 4.51. The number of carbonyl (C=O) groups excluding carboxylic acids is 2. The Morgan fingerprint density at radius 2 is 2.08 bits per heavy atom. The summed E-state index contributed by atoms with van der Waals surface area (Å²) in [6.07, 6.45) is 3.87. The second kappa shape index (κ2) is 9.42. The molecule has 1 aliphatic heterocycles. The predicted molar refractivity (Wildman–Crippen MR) is 96.8 cm³/mol. The van der Waals surface area contributed by atoms with Crippen LogP contribution in [0.2, 0.25) is 0 Å². The number of carbonyl (C=O) groups is 2. The van der Waals surface area contributed by atoms with Crippen LogP contribution in [-0.4, -0.2) is 43.7 Å². The summed E-state index contributed by atoms with van der Waals surface area (Å²) in [4.78, 5) is 26.4. The molecule has 1 aromatic carbocycles. The number of methoxy groups -OCH3 is 1. The molecule has 2 amide bonds. The highest BCUT2D eigenvalue weighted by atomic mass is 16.5. The van der Waals surface area contributed by atoms with Crippen molar-refractivity contribution in [3.8, 4) is 5.75 Å². The highest BCUT2D eigenvalue weighted by Crippen LogP contribution is 2.33. The van der Waals surface area contributed by atoms with Gasteiger partial charge >= 0.3 is 0 Å². The lowest BCUT2D eigenvalue weighted by molar-refractivity contribution is -0.126. The largest absolute Gasteiger partial charge is 0.495 e. The van der Waals surface area contributed by atoms with Crippen molar-refractivity contribution < 1.29 is 19.4 Å². The molecule has 1 heterocycles. The molecule has 1 aliphatic rings. The Kier molecular flexibility index (Phi) is 7.25. The number of unbranched alkanes of at least 4 members (excludes halogenated alkanes) is 3. The summed E-state index contributed by atoms with van der Waals surface area (Å²) in [5.41, 5.74) is 1.77. The zero-order valence-electron chi connectivity index (χ0n) is 15.1. The Bertz CT molecular complexity index is 603. The maximum Gasteiger partial charge on any atom is 0.227 e.